The van der Waals surface area contributed by atoms with Gasteiger partial charge in [-0.1, -0.05) is 91.0 Å². The van der Waals surface area contributed by atoms with E-state index in [1.807, 2.05) is 54.6 Å². The van der Waals surface area contributed by atoms with Crippen LogP contribution in [-0.2, 0) is 34.0 Å². The average Bonchev–Trinajstić information content (AvgIpc) is 2.84. The van der Waals surface area contributed by atoms with Gasteiger partial charge in [0.15, 0.2) is 0 Å². The van der Waals surface area contributed by atoms with Gasteiger partial charge in [-0.15, -0.1) is 11.8 Å². The highest BCUT2D eigenvalue weighted by atomic mass is 32.2. The van der Waals surface area contributed by atoms with Gasteiger partial charge in [0.2, 0.25) is 0 Å². The second-order valence-corrected chi connectivity index (χ2v) is 8.68. The lowest BCUT2D eigenvalue weighted by molar-refractivity contribution is -0.0744. The molecule has 3 nitrogen and oxygen atoms in total. The van der Waals surface area contributed by atoms with Crippen molar-refractivity contribution in [1.29, 1.82) is 0 Å². The van der Waals surface area contributed by atoms with Crippen LogP contribution in [0, 0.1) is 0 Å². The quantitative estimate of drug-likeness (QED) is 0.393. The number of rotatable bonds is 10. The average molecular weight is 433 g/mol. The fourth-order valence-corrected chi connectivity index (χ4v) is 4.52. The molecule has 0 bridgehead atoms. The van der Waals surface area contributed by atoms with Gasteiger partial charge in [-0.05, 0) is 28.2 Å². The maximum Gasteiger partial charge on any atom is 0.104 e. The van der Waals surface area contributed by atoms with Crippen molar-refractivity contribution in [2.45, 2.75) is 37.3 Å². The summed E-state index contributed by atoms with van der Waals surface area (Å²) in [7, 11) is 0. The van der Waals surface area contributed by atoms with Gasteiger partial charge < -0.3 is 14.2 Å². The zero-order valence-corrected chi connectivity index (χ0v) is 18.3. The molecule has 1 aliphatic rings. The number of benzene rings is 3. The van der Waals surface area contributed by atoms with E-state index in [0.717, 1.165) is 11.1 Å². The minimum atomic E-state index is -0.115. The number of thioether (sulfide) groups is 1. The minimum absolute atomic E-state index is 0.0882. The Morgan fingerprint density at radius 2 is 1.13 bits per heavy atom. The summed E-state index contributed by atoms with van der Waals surface area (Å²) in [6.07, 6.45) is 1.90. The third-order valence-corrected chi connectivity index (χ3v) is 6.24. The Bertz CT molecular complexity index is 915. The number of hydrogen-bond acceptors (Lipinski definition) is 4. The lowest BCUT2D eigenvalue weighted by Gasteiger charge is -2.34. The van der Waals surface area contributed by atoms with E-state index >= 15 is 0 Å². The first-order chi connectivity index (χ1) is 15.4. The van der Waals surface area contributed by atoms with E-state index in [0.29, 0.717) is 26.4 Å². The molecule has 4 heteroatoms. The molecule has 31 heavy (non-hydrogen) atoms. The SMILES string of the molecule is C1=C[C@@H](OCc2ccccc2)[C@H](OCc2ccccc2)[C@@H](COCc2ccccc2)S1. The maximum absolute atomic E-state index is 6.41. The predicted molar refractivity (Wildman–Crippen MR) is 127 cm³/mol. The highest BCUT2D eigenvalue weighted by Crippen LogP contribution is 2.30. The van der Waals surface area contributed by atoms with E-state index in [2.05, 4.69) is 47.9 Å². The van der Waals surface area contributed by atoms with Crippen LogP contribution in [0.3, 0.4) is 0 Å². The minimum Gasteiger partial charge on any atom is -0.376 e. The third-order valence-electron chi connectivity index (χ3n) is 5.18. The second-order valence-electron chi connectivity index (χ2n) is 7.53. The summed E-state index contributed by atoms with van der Waals surface area (Å²) < 4.78 is 18.8. The molecule has 0 aliphatic carbocycles. The van der Waals surface area contributed by atoms with E-state index in [1.165, 1.54) is 5.56 Å². The summed E-state index contributed by atoms with van der Waals surface area (Å²) in [6, 6.07) is 30.8. The largest absolute Gasteiger partial charge is 0.376 e. The van der Waals surface area contributed by atoms with Crippen molar-refractivity contribution < 1.29 is 14.2 Å². The molecule has 0 radical (unpaired) electrons. The Kier molecular flexibility index (Phi) is 8.36. The summed E-state index contributed by atoms with van der Waals surface area (Å²) in [6.45, 7) is 2.32. The maximum atomic E-state index is 6.41. The van der Waals surface area contributed by atoms with Gasteiger partial charge in [0, 0.05) is 0 Å². The molecule has 0 saturated carbocycles. The summed E-state index contributed by atoms with van der Waals surface area (Å²) in [5, 5.41) is 2.28. The van der Waals surface area contributed by atoms with Crippen LogP contribution in [0.2, 0.25) is 0 Å². The summed E-state index contributed by atoms with van der Waals surface area (Å²) >= 11 is 1.76. The molecule has 0 spiro atoms. The van der Waals surface area contributed by atoms with Crippen LogP contribution in [-0.4, -0.2) is 24.1 Å². The lowest BCUT2D eigenvalue weighted by Crippen LogP contribution is -2.42. The molecule has 1 heterocycles. The van der Waals surface area contributed by atoms with Crippen molar-refractivity contribution in [3.63, 3.8) is 0 Å². The van der Waals surface area contributed by atoms with Gasteiger partial charge >= 0.3 is 0 Å². The topological polar surface area (TPSA) is 27.7 Å². The van der Waals surface area contributed by atoms with Crippen molar-refractivity contribution in [2.24, 2.45) is 0 Å². The molecule has 3 aromatic rings. The molecular formula is C27H28O3S. The van der Waals surface area contributed by atoms with E-state index < -0.39 is 0 Å². The molecule has 0 saturated heterocycles. The van der Waals surface area contributed by atoms with Gasteiger partial charge in [-0.25, -0.2) is 0 Å². The Morgan fingerprint density at radius 1 is 0.613 bits per heavy atom. The fourth-order valence-electron chi connectivity index (χ4n) is 3.51. The molecular weight excluding hydrogens is 404 g/mol. The van der Waals surface area contributed by atoms with Crippen LogP contribution in [0.4, 0.5) is 0 Å². The summed E-state index contributed by atoms with van der Waals surface area (Å²) in [5.41, 5.74) is 3.50. The lowest BCUT2D eigenvalue weighted by atomic mass is 10.1. The molecule has 1 aliphatic heterocycles. The van der Waals surface area contributed by atoms with Crippen molar-refractivity contribution in [3.8, 4) is 0 Å². The van der Waals surface area contributed by atoms with E-state index in [9.17, 15) is 0 Å². The molecule has 3 aromatic carbocycles. The van der Waals surface area contributed by atoms with Crippen LogP contribution in [0.25, 0.3) is 0 Å². The molecule has 0 N–H and O–H groups in total. The van der Waals surface area contributed by atoms with Gasteiger partial charge in [0.25, 0.3) is 0 Å². The van der Waals surface area contributed by atoms with E-state index in [-0.39, 0.29) is 17.5 Å². The van der Waals surface area contributed by atoms with Gasteiger partial charge in [-0.3, -0.25) is 0 Å². The Hall–Kier alpha value is -2.37. The van der Waals surface area contributed by atoms with Crippen LogP contribution in [0.1, 0.15) is 16.7 Å². The van der Waals surface area contributed by atoms with E-state index in [1.54, 1.807) is 11.8 Å². The van der Waals surface area contributed by atoms with Gasteiger partial charge in [0.05, 0.1) is 31.7 Å². The van der Waals surface area contributed by atoms with Crippen molar-refractivity contribution in [2.75, 3.05) is 6.61 Å². The van der Waals surface area contributed by atoms with Crippen molar-refractivity contribution in [3.05, 3.63) is 119 Å². The Morgan fingerprint density at radius 3 is 1.71 bits per heavy atom. The zero-order chi connectivity index (χ0) is 21.1. The second kappa shape index (κ2) is 11.9. The normalized spacial score (nSPS) is 20.6. The highest BCUT2D eigenvalue weighted by Gasteiger charge is 2.33. The molecule has 0 fully saturated rings. The third kappa shape index (κ3) is 6.81. The van der Waals surface area contributed by atoms with Crippen LogP contribution >= 0.6 is 11.8 Å². The van der Waals surface area contributed by atoms with Crippen molar-refractivity contribution >= 4 is 11.8 Å². The van der Waals surface area contributed by atoms with Crippen LogP contribution in [0.5, 0.6) is 0 Å². The monoisotopic (exact) mass is 432 g/mol. The molecule has 0 aromatic heterocycles. The standard InChI is InChI=1S/C27H28O3S/c1-4-10-22(11-5-1)18-28-21-26-27(30-20-24-14-8-3-9-15-24)25(16-17-31-26)29-19-23-12-6-2-7-13-23/h1-17,25-27H,18-21H2/t25-,26-,27+/m1/s1. The van der Waals surface area contributed by atoms with Crippen LogP contribution < -0.4 is 0 Å². The molecule has 4 rings (SSSR count). The molecule has 3 atom stereocenters. The van der Waals surface area contributed by atoms with Gasteiger partial charge in [-0.2, -0.15) is 0 Å². The van der Waals surface area contributed by atoms with Crippen molar-refractivity contribution in [1.82, 2.24) is 0 Å². The van der Waals surface area contributed by atoms with Crippen LogP contribution in [0.15, 0.2) is 102 Å². The molecule has 160 valence electrons. The zero-order valence-electron chi connectivity index (χ0n) is 17.5. The predicted octanol–water partition coefficient (Wildman–Crippen LogP) is 6.00. The number of ether oxygens (including phenoxy) is 3. The highest BCUT2D eigenvalue weighted by molar-refractivity contribution is 8.02. The first-order valence-corrected chi connectivity index (χ1v) is 11.6. The summed E-state index contributed by atoms with van der Waals surface area (Å²) in [4.78, 5) is 0. The van der Waals surface area contributed by atoms with Gasteiger partial charge in [0.1, 0.15) is 12.2 Å². The number of hydrogen-bond donors (Lipinski definition) is 0. The smallest absolute Gasteiger partial charge is 0.104 e. The fraction of sp³-hybridized carbons (Fsp3) is 0.259. The first-order valence-electron chi connectivity index (χ1n) is 10.6. The Balaban J connectivity index is 1.39. The molecule has 0 unspecified atom stereocenters. The molecule has 0 amide bonds. The first kappa shape index (κ1) is 21.8. The van der Waals surface area contributed by atoms with E-state index in [4.69, 9.17) is 14.2 Å². The Labute approximate surface area is 189 Å². The summed E-state index contributed by atoms with van der Waals surface area (Å²) in [5.74, 6) is 0.